The first-order valence-electron chi connectivity index (χ1n) is 9.81. The monoisotopic (exact) mass is 437 g/mol. The van der Waals surface area contributed by atoms with E-state index in [0.717, 1.165) is 0 Å². The van der Waals surface area contributed by atoms with Crippen molar-refractivity contribution < 1.29 is 19.5 Å². The Balaban J connectivity index is 4.88. The van der Waals surface area contributed by atoms with E-state index < -0.39 is 29.9 Å². The first kappa shape index (κ1) is 27.3. The summed E-state index contributed by atoms with van der Waals surface area (Å²) in [4.78, 5) is 44.0. The van der Waals surface area contributed by atoms with Crippen molar-refractivity contribution in [2.75, 3.05) is 19.6 Å². The van der Waals surface area contributed by atoms with E-state index in [1.807, 2.05) is 0 Å². The molecule has 0 aromatic rings. The molecule has 0 radical (unpaired) electrons. The zero-order chi connectivity index (χ0) is 23.3. The number of hydrogen-bond donors (Lipinski definition) is 3. The maximum Gasteiger partial charge on any atom is 0.326 e. The Morgan fingerprint density at radius 2 is 1.23 bits per heavy atom. The van der Waals surface area contributed by atoms with Crippen LogP contribution in [-0.2, 0) is 14.4 Å². The van der Waals surface area contributed by atoms with E-state index in [1.165, 1.54) is 0 Å². The van der Waals surface area contributed by atoms with Crippen LogP contribution < -0.4 is 10.6 Å². The molecule has 0 aromatic carbocycles. The number of azide groups is 3. The fraction of sp³-hybridized carbons (Fsp3) is 0.812. The van der Waals surface area contributed by atoms with Gasteiger partial charge in [0.2, 0.25) is 11.8 Å². The maximum atomic E-state index is 12.6. The molecule has 0 fully saturated rings. The SMILES string of the molecule is [N-]=[N+]=NCCCC[C@@H](NC(=O)[C@@H](CCCCN=[N+]=[N-])NC(=O)CCCN=[N+]=[N-])C(=O)O. The molecular formula is C16H27N11O4. The third-order valence-electron chi connectivity index (χ3n) is 4.12. The summed E-state index contributed by atoms with van der Waals surface area (Å²) in [6.45, 7) is 0.619. The van der Waals surface area contributed by atoms with Crippen molar-refractivity contribution >= 4 is 17.8 Å². The number of unbranched alkanes of at least 4 members (excludes halogenated alkanes) is 2. The van der Waals surface area contributed by atoms with Gasteiger partial charge in [0, 0.05) is 40.8 Å². The second-order valence-electron chi connectivity index (χ2n) is 6.48. The Labute approximate surface area is 178 Å². The second-order valence-corrected chi connectivity index (χ2v) is 6.48. The van der Waals surface area contributed by atoms with Crippen molar-refractivity contribution in [3.8, 4) is 0 Å². The molecule has 31 heavy (non-hydrogen) atoms. The van der Waals surface area contributed by atoms with Gasteiger partial charge in [-0.25, -0.2) is 4.79 Å². The predicted octanol–water partition coefficient (Wildman–Crippen LogP) is 3.09. The Kier molecular flexibility index (Phi) is 16.2. The molecule has 15 heteroatoms. The Morgan fingerprint density at radius 1 is 0.742 bits per heavy atom. The number of hydrogen-bond acceptors (Lipinski definition) is 6. The van der Waals surface area contributed by atoms with Crippen LogP contribution in [0.2, 0.25) is 0 Å². The van der Waals surface area contributed by atoms with Crippen molar-refractivity contribution in [1.29, 1.82) is 0 Å². The van der Waals surface area contributed by atoms with Gasteiger partial charge in [-0.05, 0) is 48.7 Å². The molecule has 0 spiro atoms. The quantitative estimate of drug-likeness (QED) is 0.126. The van der Waals surface area contributed by atoms with E-state index in [2.05, 4.69) is 40.7 Å². The topological polar surface area (TPSA) is 242 Å². The number of nitrogens with zero attached hydrogens (tertiary/aromatic N) is 9. The van der Waals surface area contributed by atoms with Gasteiger partial charge >= 0.3 is 5.97 Å². The molecule has 0 unspecified atom stereocenters. The van der Waals surface area contributed by atoms with Crippen LogP contribution in [-0.4, -0.2) is 54.6 Å². The number of aliphatic carboxylic acids is 1. The van der Waals surface area contributed by atoms with E-state index >= 15 is 0 Å². The second kappa shape index (κ2) is 18.4. The van der Waals surface area contributed by atoms with Crippen LogP contribution in [0.1, 0.15) is 51.4 Å². The van der Waals surface area contributed by atoms with E-state index in [-0.39, 0.29) is 38.9 Å². The number of carboxylic acid groups (broad SMARTS) is 1. The minimum absolute atomic E-state index is 0.0449. The van der Waals surface area contributed by atoms with E-state index in [0.29, 0.717) is 32.1 Å². The Hall–Kier alpha value is -3.66. The Bertz CT molecular complexity index is 725. The van der Waals surface area contributed by atoms with Crippen molar-refractivity contribution in [2.45, 2.75) is 63.5 Å². The molecule has 0 saturated carbocycles. The number of amides is 2. The van der Waals surface area contributed by atoms with Gasteiger partial charge in [-0.1, -0.05) is 28.2 Å². The summed E-state index contributed by atoms with van der Waals surface area (Å²) in [5.41, 5.74) is 24.8. The third-order valence-corrected chi connectivity index (χ3v) is 4.12. The highest BCUT2D eigenvalue weighted by Gasteiger charge is 2.25. The lowest BCUT2D eigenvalue weighted by Gasteiger charge is -2.21. The van der Waals surface area contributed by atoms with Gasteiger partial charge in [0.05, 0.1) is 0 Å². The fourth-order valence-electron chi connectivity index (χ4n) is 2.57. The maximum absolute atomic E-state index is 12.6. The summed E-state index contributed by atoms with van der Waals surface area (Å²) >= 11 is 0. The van der Waals surface area contributed by atoms with Crippen LogP contribution in [0.4, 0.5) is 0 Å². The van der Waals surface area contributed by atoms with Crippen LogP contribution in [0.3, 0.4) is 0 Å². The summed E-state index contributed by atoms with van der Waals surface area (Å²) in [6.07, 6.45) is 2.62. The fourth-order valence-corrected chi connectivity index (χ4v) is 2.57. The summed E-state index contributed by atoms with van der Waals surface area (Å²) in [5, 5.41) is 24.5. The van der Waals surface area contributed by atoms with E-state index in [1.54, 1.807) is 0 Å². The molecule has 2 atom stereocenters. The Morgan fingerprint density at radius 3 is 1.71 bits per heavy atom. The van der Waals surface area contributed by atoms with Crippen LogP contribution in [0.15, 0.2) is 15.3 Å². The normalized spacial score (nSPS) is 11.6. The first-order chi connectivity index (χ1) is 15.0. The van der Waals surface area contributed by atoms with Gasteiger partial charge < -0.3 is 15.7 Å². The van der Waals surface area contributed by atoms with Crippen molar-refractivity contribution in [3.63, 3.8) is 0 Å². The summed E-state index contributed by atoms with van der Waals surface area (Å²) in [7, 11) is 0. The lowest BCUT2D eigenvalue weighted by atomic mass is 10.1. The van der Waals surface area contributed by atoms with E-state index in [9.17, 15) is 19.5 Å². The van der Waals surface area contributed by atoms with Crippen LogP contribution in [0, 0.1) is 0 Å². The van der Waals surface area contributed by atoms with Crippen LogP contribution in [0.25, 0.3) is 31.3 Å². The largest absolute Gasteiger partial charge is 0.480 e. The summed E-state index contributed by atoms with van der Waals surface area (Å²) in [6, 6.07) is -2.10. The molecule has 0 saturated heterocycles. The highest BCUT2D eigenvalue weighted by atomic mass is 16.4. The molecule has 0 rings (SSSR count). The molecule has 15 nitrogen and oxygen atoms in total. The molecular weight excluding hydrogens is 410 g/mol. The first-order valence-corrected chi connectivity index (χ1v) is 9.81. The molecule has 0 aliphatic rings. The van der Waals surface area contributed by atoms with Gasteiger partial charge in [-0.3, -0.25) is 9.59 Å². The average molecular weight is 437 g/mol. The zero-order valence-electron chi connectivity index (χ0n) is 17.1. The highest BCUT2D eigenvalue weighted by molar-refractivity contribution is 5.90. The minimum Gasteiger partial charge on any atom is -0.480 e. The molecule has 0 aromatic heterocycles. The lowest BCUT2D eigenvalue weighted by Crippen LogP contribution is -2.51. The summed E-state index contributed by atoms with van der Waals surface area (Å²) in [5.74, 6) is -2.26. The number of rotatable bonds is 18. The van der Waals surface area contributed by atoms with Gasteiger partial charge in [-0.15, -0.1) is 0 Å². The molecule has 0 aliphatic heterocycles. The molecule has 2 amide bonds. The van der Waals surface area contributed by atoms with Crippen LogP contribution in [0.5, 0.6) is 0 Å². The minimum atomic E-state index is -1.21. The standard InChI is InChI=1S/C16H27N11O4/c17-25-20-9-3-1-6-12(23-14(28)8-5-11-22-27-19)15(29)24-13(16(30)31)7-2-4-10-21-26-18/h12-13H,1-11H2,(H,23,28)(H,24,29)(H,30,31)/t12-,13-/m1/s1. The summed E-state index contributed by atoms with van der Waals surface area (Å²) < 4.78 is 0. The average Bonchev–Trinajstić information content (AvgIpc) is 2.74. The van der Waals surface area contributed by atoms with Gasteiger partial charge in [0.25, 0.3) is 0 Å². The predicted molar refractivity (Wildman–Crippen MR) is 110 cm³/mol. The van der Waals surface area contributed by atoms with Gasteiger partial charge in [0.15, 0.2) is 0 Å². The van der Waals surface area contributed by atoms with E-state index in [4.69, 9.17) is 16.6 Å². The molecule has 3 N–H and O–H groups in total. The third kappa shape index (κ3) is 14.9. The lowest BCUT2D eigenvalue weighted by molar-refractivity contribution is -0.142. The van der Waals surface area contributed by atoms with Crippen LogP contribution >= 0.6 is 0 Å². The highest BCUT2D eigenvalue weighted by Crippen LogP contribution is 2.07. The van der Waals surface area contributed by atoms with Gasteiger partial charge in [0.1, 0.15) is 12.1 Å². The number of carboxylic acids is 1. The number of nitrogens with one attached hydrogen (secondary N) is 2. The van der Waals surface area contributed by atoms with Crippen molar-refractivity contribution in [1.82, 2.24) is 10.6 Å². The zero-order valence-corrected chi connectivity index (χ0v) is 17.1. The molecule has 0 bridgehead atoms. The smallest absolute Gasteiger partial charge is 0.326 e. The molecule has 0 heterocycles. The molecule has 170 valence electrons. The van der Waals surface area contributed by atoms with Crippen molar-refractivity contribution in [3.05, 3.63) is 31.3 Å². The molecule has 0 aliphatic carbocycles. The van der Waals surface area contributed by atoms with Crippen molar-refractivity contribution in [2.24, 2.45) is 15.3 Å². The van der Waals surface area contributed by atoms with Gasteiger partial charge in [-0.2, -0.15) is 0 Å². The number of carbonyl (C=O) groups is 3. The number of carbonyl (C=O) groups excluding carboxylic acids is 2.